The van der Waals surface area contributed by atoms with Gasteiger partial charge in [-0.25, -0.2) is 9.97 Å². The van der Waals surface area contributed by atoms with E-state index >= 15 is 0 Å². The van der Waals surface area contributed by atoms with Crippen LogP contribution in [0, 0.1) is 5.41 Å². The molecule has 154 valence electrons. The van der Waals surface area contributed by atoms with E-state index in [1.54, 1.807) is 12.4 Å². The van der Waals surface area contributed by atoms with Crippen LogP contribution in [0.1, 0.15) is 55.2 Å². The van der Waals surface area contributed by atoms with Gasteiger partial charge in [-0.3, -0.25) is 9.59 Å². The number of rotatable bonds is 6. The van der Waals surface area contributed by atoms with Crippen LogP contribution < -0.4 is 0 Å². The second kappa shape index (κ2) is 8.99. The lowest BCUT2D eigenvalue weighted by Gasteiger charge is -2.47. The van der Waals surface area contributed by atoms with Crippen molar-refractivity contribution in [1.82, 2.24) is 24.7 Å². The van der Waals surface area contributed by atoms with Crippen molar-refractivity contribution in [3.05, 3.63) is 23.8 Å². The Morgan fingerprint density at radius 1 is 1.18 bits per heavy atom. The fourth-order valence-corrected chi connectivity index (χ4v) is 4.31. The molecule has 0 N–H and O–H groups in total. The summed E-state index contributed by atoms with van der Waals surface area (Å²) in [6, 6.07) is 0. The van der Waals surface area contributed by atoms with Crippen molar-refractivity contribution < 1.29 is 9.59 Å². The zero-order valence-electron chi connectivity index (χ0n) is 17.5. The number of aryl methyl sites for hydroxylation is 1. The molecule has 0 atom stereocenters. The van der Waals surface area contributed by atoms with E-state index in [2.05, 4.69) is 33.9 Å². The summed E-state index contributed by atoms with van der Waals surface area (Å²) in [5.41, 5.74) is 0.739. The third-order valence-electron chi connectivity index (χ3n) is 6.16. The molecule has 0 unspecified atom stereocenters. The SMILES string of the molecule is CCc1ncc(C(=O)N2CCC3(CCC(=O)N(CCCN(C)C)C3)CC2)cn1. The Morgan fingerprint density at radius 2 is 1.86 bits per heavy atom. The number of hydrogen-bond acceptors (Lipinski definition) is 5. The maximum absolute atomic E-state index is 12.8. The molecule has 2 amide bonds. The van der Waals surface area contributed by atoms with Crippen LogP contribution in [-0.2, 0) is 11.2 Å². The van der Waals surface area contributed by atoms with Gasteiger partial charge in [0.05, 0.1) is 5.56 Å². The number of carbonyl (C=O) groups excluding carboxylic acids is 2. The second-order valence-electron chi connectivity index (χ2n) is 8.51. The minimum Gasteiger partial charge on any atom is -0.342 e. The van der Waals surface area contributed by atoms with Crippen molar-refractivity contribution in [3.8, 4) is 0 Å². The topological polar surface area (TPSA) is 69.6 Å². The van der Waals surface area contributed by atoms with E-state index in [0.29, 0.717) is 12.0 Å². The van der Waals surface area contributed by atoms with Gasteiger partial charge in [-0.1, -0.05) is 6.92 Å². The minimum atomic E-state index is 0.0206. The van der Waals surface area contributed by atoms with Crippen LogP contribution in [0.15, 0.2) is 12.4 Å². The van der Waals surface area contributed by atoms with Crippen LogP contribution in [-0.4, -0.2) is 83.3 Å². The maximum atomic E-state index is 12.8. The summed E-state index contributed by atoms with van der Waals surface area (Å²) < 4.78 is 0. The first-order valence-corrected chi connectivity index (χ1v) is 10.5. The smallest absolute Gasteiger partial charge is 0.256 e. The molecular weight excluding hydrogens is 354 g/mol. The Balaban J connectivity index is 1.55. The highest BCUT2D eigenvalue weighted by atomic mass is 16.2. The first-order valence-electron chi connectivity index (χ1n) is 10.5. The van der Waals surface area contributed by atoms with Crippen LogP contribution in [0.2, 0.25) is 0 Å². The van der Waals surface area contributed by atoms with Crippen LogP contribution in [0.4, 0.5) is 0 Å². The number of likely N-dealkylation sites (tertiary alicyclic amines) is 2. The molecule has 1 aromatic heterocycles. The van der Waals surface area contributed by atoms with Crippen LogP contribution in [0.25, 0.3) is 0 Å². The summed E-state index contributed by atoms with van der Waals surface area (Å²) in [6.45, 7) is 6.16. The fourth-order valence-electron chi connectivity index (χ4n) is 4.31. The summed E-state index contributed by atoms with van der Waals surface area (Å²) in [4.78, 5) is 39.7. The molecule has 2 saturated heterocycles. The Labute approximate surface area is 168 Å². The number of hydrogen-bond donors (Lipinski definition) is 0. The normalized spacial score (nSPS) is 19.5. The quantitative estimate of drug-likeness (QED) is 0.745. The summed E-state index contributed by atoms with van der Waals surface area (Å²) in [5, 5.41) is 0. The summed E-state index contributed by atoms with van der Waals surface area (Å²) in [5.74, 6) is 1.07. The number of nitrogens with zero attached hydrogens (tertiary/aromatic N) is 5. The van der Waals surface area contributed by atoms with Crippen molar-refractivity contribution in [2.45, 2.75) is 45.4 Å². The fraction of sp³-hybridized carbons (Fsp3) is 0.714. The molecule has 0 saturated carbocycles. The second-order valence-corrected chi connectivity index (χ2v) is 8.51. The largest absolute Gasteiger partial charge is 0.342 e. The third kappa shape index (κ3) is 4.87. The van der Waals surface area contributed by atoms with Crippen molar-refractivity contribution in [2.75, 3.05) is 46.8 Å². The molecule has 2 fully saturated rings. The van der Waals surface area contributed by atoms with Gasteiger partial charge in [0.25, 0.3) is 5.91 Å². The molecule has 0 bridgehead atoms. The predicted octanol–water partition coefficient (Wildman–Crippen LogP) is 1.84. The van der Waals surface area contributed by atoms with E-state index < -0.39 is 0 Å². The Morgan fingerprint density at radius 3 is 2.46 bits per heavy atom. The maximum Gasteiger partial charge on any atom is 0.256 e. The van der Waals surface area contributed by atoms with Gasteiger partial charge >= 0.3 is 0 Å². The molecule has 0 aliphatic carbocycles. The lowest BCUT2D eigenvalue weighted by molar-refractivity contribution is -0.139. The van der Waals surface area contributed by atoms with Gasteiger partial charge in [0, 0.05) is 51.4 Å². The lowest BCUT2D eigenvalue weighted by Crippen LogP contribution is -2.52. The average Bonchev–Trinajstić information content (AvgIpc) is 2.71. The molecule has 7 heteroatoms. The predicted molar refractivity (Wildman–Crippen MR) is 108 cm³/mol. The monoisotopic (exact) mass is 387 g/mol. The van der Waals surface area contributed by atoms with Gasteiger partial charge in [-0.2, -0.15) is 0 Å². The van der Waals surface area contributed by atoms with Crippen molar-refractivity contribution in [3.63, 3.8) is 0 Å². The number of piperidine rings is 2. The van der Waals surface area contributed by atoms with Crippen molar-refractivity contribution in [1.29, 1.82) is 0 Å². The van der Waals surface area contributed by atoms with E-state index in [1.165, 1.54) is 0 Å². The minimum absolute atomic E-state index is 0.0206. The Kier molecular flexibility index (Phi) is 6.65. The third-order valence-corrected chi connectivity index (χ3v) is 6.16. The molecule has 0 aromatic carbocycles. The molecular formula is C21H33N5O2. The molecule has 7 nitrogen and oxygen atoms in total. The number of aromatic nitrogens is 2. The van der Waals surface area contributed by atoms with Gasteiger partial charge < -0.3 is 14.7 Å². The highest BCUT2D eigenvalue weighted by Crippen LogP contribution is 2.40. The van der Waals surface area contributed by atoms with Crippen molar-refractivity contribution >= 4 is 11.8 Å². The molecule has 3 rings (SSSR count). The molecule has 0 radical (unpaired) electrons. The van der Waals surface area contributed by atoms with Crippen molar-refractivity contribution in [2.24, 2.45) is 5.41 Å². The number of amides is 2. The highest BCUT2D eigenvalue weighted by molar-refractivity contribution is 5.93. The summed E-state index contributed by atoms with van der Waals surface area (Å²) in [6.07, 6.45) is 8.58. The van der Waals surface area contributed by atoms with Crippen LogP contribution in [0.3, 0.4) is 0 Å². The summed E-state index contributed by atoms with van der Waals surface area (Å²) >= 11 is 0. The van der Waals surface area contributed by atoms with Gasteiger partial charge in [-0.05, 0) is 51.7 Å². The average molecular weight is 388 g/mol. The highest BCUT2D eigenvalue weighted by Gasteiger charge is 2.41. The first-order chi connectivity index (χ1) is 13.4. The van der Waals surface area contributed by atoms with E-state index in [0.717, 1.165) is 70.7 Å². The molecule has 2 aliphatic heterocycles. The first kappa shape index (κ1) is 20.7. The van der Waals surface area contributed by atoms with Gasteiger partial charge in [0.1, 0.15) is 5.82 Å². The Hall–Kier alpha value is -2.02. The summed E-state index contributed by atoms with van der Waals surface area (Å²) in [7, 11) is 4.13. The molecule has 1 aromatic rings. The molecule has 2 aliphatic rings. The number of carbonyl (C=O) groups is 2. The van der Waals surface area contributed by atoms with E-state index in [4.69, 9.17) is 0 Å². The molecule has 3 heterocycles. The van der Waals surface area contributed by atoms with Crippen LogP contribution in [0.5, 0.6) is 0 Å². The standard InChI is InChI=1S/C21H33N5O2/c1-4-18-22-14-17(15-23-18)20(28)25-12-8-21(9-13-25)7-6-19(27)26(16-21)11-5-10-24(2)3/h14-15H,4-13,16H2,1-3H3. The lowest BCUT2D eigenvalue weighted by atomic mass is 9.72. The Bertz CT molecular complexity index is 681. The molecule has 28 heavy (non-hydrogen) atoms. The molecule has 1 spiro atoms. The van der Waals surface area contributed by atoms with Gasteiger partial charge in [0.15, 0.2) is 0 Å². The zero-order valence-corrected chi connectivity index (χ0v) is 17.5. The van der Waals surface area contributed by atoms with Gasteiger partial charge in [0.2, 0.25) is 5.91 Å². The van der Waals surface area contributed by atoms with E-state index in [-0.39, 0.29) is 17.2 Å². The van der Waals surface area contributed by atoms with E-state index in [1.807, 2.05) is 11.8 Å². The van der Waals surface area contributed by atoms with Crippen LogP contribution >= 0.6 is 0 Å². The van der Waals surface area contributed by atoms with E-state index in [9.17, 15) is 9.59 Å². The van der Waals surface area contributed by atoms with Gasteiger partial charge in [-0.15, -0.1) is 0 Å². The zero-order chi connectivity index (χ0) is 20.1.